The van der Waals surface area contributed by atoms with E-state index >= 15 is 0 Å². The molecule has 0 N–H and O–H groups in total. The fraction of sp³-hybridized carbons (Fsp3) is 0.444. The summed E-state index contributed by atoms with van der Waals surface area (Å²) in [4.78, 5) is 21.5. The molecule has 4 nitrogen and oxygen atoms in total. The second-order valence-electron chi connectivity index (χ2n) is 6.25. The Labute approximate surface area is 153 Å². The Morgan fingerprint density at radius 3 is 2.42 bits per heavy atom. The Balaban J connectivity index is 0.00000208. The normalized spacial score (nSPS) is 15.2. The Kier molecular flexibility index (Phi) is 6.38. The summed E-state index contributed by atoms with van der Waals surface area (Å²) in [6, 6.07) is 5.97. The number of halogens is 1. The van der Waals surface area contributed by atoms with Crippen molar-refractivity contribution < 1.29 is 4.79 Å². The zero-order valence-electron chi connectivity index (χ0n) is 14.4. The summed E-state index contributed by atoms with van der Waals surface area (Å²) in [6.07, 6.45) is 0. The second-order valence-corrected chi connectivity index (χ2v) is 7.19. The first-order valence-corrected chi connectivity index (χ1v) is 8.91. The van der Waals surface area contributed by atoms with E-state index in [0.717, 1.165) is 49.0 Å². The van der Waals surface area contributed by atoms with Crippen LogP contribution in [0.1, 0.15) is 32.2 Å². The van der Waals surface area contributed by atoms with Gasteiger partial charge in [-0.2, -0.15) is 0 Å². The van der Waals surface area contributed by atoms with Crippen LogP contribution in [-0.2, 0) is 6.54 Å². The fourth-order valence-corrected chi connectivity index (χ4v) is 3.65. The number of benzene rings is 1. The largest absolute Gasteiger partial charge is 0.336 e. The summed E-state index contributed by atoms with van der Waals surface area (Å²) >= 11 is 1.72. The van der Waals surface area contributed by atoms with Gasteiger partial charge in [0.15, 0.2) is 0 Å². The smallest absolute Gasteiger partial charge is 0.253 e. The Bertz CT molecular complexity index is 708. The van der Waals surface area contributed by atoms with Crippen LogP contribution in [-0.4, -0.2) is 46.9 Å². The Morgan fingerprint density at radius 2 is 1.83 bits per heavy atom. The minimum Gasteiger partial charge on any atom is -0.336 e. The van der Waals surface area contributed by atoms with Crippen molar-refractivity contribution in [3.8, 4) is 0 Å². The van der Waals surface area contributed by atoms with Crippen LogP contribution in [0.15, 0.2) is 23.6 Å². The molecule has 2 heterocycles. The topological polar surface area (TPSA) is 36.4 Å². The van der Waals surface area contributed by atoms with Crippen LogP contribution in [0.5, 0.6) is 0 Å². The molecule has 3 rings (SSSR count). The van der Waals surface area contributed by atoms with Gasteiger partial charge < -0.3 is 4.90 Å². The number of carbonyl (C=O) groups is 1. The lowest BCUT2D eigenvalue weighted by Gasteiger charge is -2.34. The van der Waals surface area contributed by atoms with Crippen molar-refractivity contribution in [2.45, 2.75) is 27.3 Å². The van der Waals surface area contributed by atoms with Crippen LogP contribution < -0.4 is 0 Å². The van der Waals surface area contributed by atoms with Gasteiger partial charge >= 0.3 is 0 Å². The molecule has 1 aromatic heterocycles. The third-order valence-corrected chi connectivity index (χ3v) is 5.39. The highest BCUT2D eigenvalue weighted by Crippen LogP contribution is 2.16. The van der Waals surface area contributed by atoms with E-state index in [1.165, 1.54) is 11.1 Å². The van der Waals surface area contributed by atoms with Crippen molar-refractivity contribution in [3.63, 3.8) is 0 Å². The molecule has 1 aromatic carbocycles. The van der Waals surface area contributed by atoms with Gasteiger partial charge in [-0.1, -0.05) is 6.07 Å². The highest BCUT2D eigenvalue weighted by Gasteiger charge is 2.22. The van der Waals surface area contributed by atoms with Crippen LogP contribution in [0.25, 0.3) is 0 Å². The maximum atomic E-state index is 12.6. The van der Waals surface area contributed by atoms with Crippen molar-refractivity contribution in [2.75, 3.05) is 26.2 Å². The van der Waals surface area contributed by atoms with Gasteiger partial charge in [0.25, 0.3) is 5.91 Å². The van der Waals surface area contributed by atoms with Gasteiger partial charge in [-0.05, 0) is 44.0 Å². The lowest BCUT2D eigenvalue weighted by atomic mass is 10.1. The summed E-state index contributed by atoms with van der Waals surface area (Å²) in [5.74, 6) is 0.151. The molecule has 0 saturated carbocycles. The highest BCUT2D eigenvalue weighted by atomic mass is 35.5. The van der Waals surface area contributed by atoms with Gasteiger partial charge in [-0.3, -0.25) is 9.69 Å². The lowest BCUT2D eigenvalue weighted by Crippen LogP contribution is -2.48. The molecule has 1 amide bonds. The van der Waals surface area contributed by atoms with E-state index in [4.69, 9.17) is 0 Å². The highest BCUT2D eigenvalue weighted by molar-refractivity contribution is 7.09. The summed E-state index contributed by atoms with van der Waals surface area (Å²) in [5, 5.41) is 3.26. The molecule has 0 unspecified atom stereocenters. The number of aryl methyl sites for hydroxylation is 3. The van der Waals surface area contributed by atoms with E-state index in [0.29, 0.717) is 0 Å². The number of hydrogen-bond acceptors (Lipinski definition) is 4. The molecule has 0 bridgehead atoms. The maximum Gasteiger partial charge on any atom is 0.253 e. The summed E-state index contributed by atoms with van der Waals surface area (Å²) in [7, 11) is 0. The number of carbonyl (C=O) groups excluding carboxylic acids is 1. The number of amides is 1. The van der Waals surface area contributed by atoms with Gasteiger partial charge in [0.1, 0.15) is 5.01 Å². The number of aromatic nitrogens is 1. The summed E-state index contributed by atoms with van der Waals surface area (Å²) < 4.78 is 0. The Hall–Kier alpha value is -1.43. The molecule has 1 aliphatic rings. The average Bonchev–Trinajstić information content (AvgIpc) is 2.95. The van der Waals surface area contributed by atoms with Gasteiger partial charge in [-0.25, -0.2) is 4.98 Å². The van der Waals surface area contributed by atoms with Crippen LogP contribution in [0.3, 0.4) is 0 Å². The zero-order valence-corrected chi connectivity index (χ0v) is 16.0. The molecule has 24 heavy (non-hydrogen) atoms. The molecule has 1 fully saturated rings. The van der Waals surface area contributed by atoms with Crippen molar-refractivity contribution in [3.05, 3.63) is 51.0 Å². The number of hydrogen-bond donors (Lipinski definition) is 0. The first kappa shape index (κ1) is 18.9. The van der Waals surface area contributed by atoms with Crippen LogP contribution in [0.4, 0.5) is 0 Å². The van der Waals surface area contributed by atoms with Crippen molar-refractivity contribution in [1.29, 1.82) is 0 Å². The standard InChI is InChI=1S/C18H23N3OS.ClH/c1-13-4-5-16(10-14(13)2)18(22)21-8-6-20(7-9-21)11-17-19-15(3)12-23-17;/h4-5,10,12H,6-9,11H2,1-3H3;1H. The van der Waals surface area contributed by atoms with E-state index in [1.54, 1.807) is 11.3 Å². The van der Waals surface area contributed by atoms with Crippen LogP contribution >= 0.6 is 23.7 Å². The second kappa shape index (κ2) is 8.10. The van der Waals surface area contributed by atoms with Crippen molar-refractivity contribution in [2.24, 2.45) is 0 Å². The quantitative estimate of drug-likeness (QED) is 0.835. The lowest BCUT2D eigenvalue weighted by molar-refractivity contribution is 0.0628. The van der Waals surface area contributed by atoms with Crippen LogP contribution in [0.2, 0.25) is 0 Å². The molecule has 6 heteroatoms. The fourth-order valence-electron chi connectivity index (χ4n) is 2.83. The Morgan fingerprint density at radius 1 is 1.12 bits per heavy atom. The number of thiazole rings is 1. The van der Waals surface area contributed by atoms with Crippen LogP contribution in [0, 0.1) is 20.8 Å². The first-order chi connectivity index (χ1) is 11.0. The molecule has 0 aliphatic carbocycles. The molecular weight excluding hydrogens is 342 g/mol. The molecular formula is C18H24ClN3OS. The van der Waals surface area contributed by atoms with Crippen molar-refractivity contribution >= 4 is 29.7 Å². The molecule has 0 atom stereocenters. The van der Waals surface area contributed by atoms with Gasteiger partial charge in [0.05, 0.1) is 6.54 Å². The summed E-state index contributed by atoms with van der Waals surface area (Å²) in [5.41, 5.74) is 4.30. The predicted octanol–water partition coefficient (Wildman–Crippen LogP) is 3.45. The SMILES string of the molecule is Cc1csc(CN2CCN(C(=O)c3ccc(C)c(C)c3)CC2)n1.Cl. The molecule has 0 spiro atoms. The van der Waals surface area contributed by atoms with Gasteiger partial charge in [0.2, 0.25) is 0 Å². The van der Waals surface area contributed by atoms with Gasteiger partial charge in [-0.15, -0.1) is 23.7 Å². The predicted molar refractivity (Wildman–Crippen MR) is 101 cm³/mol. The maximum absolute atomic E-state index is 12.6. The van der Waals surface area contributed by atoms with E-state index in [1.807, 2.05) is 30.0 Å². The number of rotatable bonds is 3. The van der Waals surface area contributed by atoms with Crippen molar-refractivity contribution in [1.82, 2.24) is 14.8 Å². The molecule has 2 aromatic rings. The molecule has 1 saturated heterocycles. The zero-order chi connectivity index (χ0) is 16.4. The first-order valence-electron chi connectivity index (χ1n) is 8.03. The summed E-state index contributed by atoms with van der Waals surface area (Å²) in [6.45, 7) is 10.4. The van der Waals surface area contributed by atoms with E-state index in [2.05, 4.69) is 29.1 Å². The van der Waals surface area contributed by atoms with E-state index in [9.17, 15) is 4.79 Å². The molecule has 130 valence electrons. The minimum atomic E-state index is 0. The molecule has 0 radical (unpaired) electrons. The third kappa shape index (κ3) is 4.35. The van der Waals surface area contributed by atoms with E-state index in [-0.39, 0.29) is 18.3 Å². The molecule has 1 aliphatic heterocycles. The van der Waals surface area contributed by atoms with Gasteiger partial charge in [0, 0.05) is 42.8 Å². The monoisotopic (exact) mass is 365 g/mol. The average molecular weight is 366 g/mol. The third-order valence-electron chi connectivity index (χ3n) is 4.44. The number of nitrogens with zero attached hydrogens (tertiary/aromatic N) is 3. The number of piperazine rings is 1. The van der Waals surface area contributed by atoms with E-state index < -0.39 is 0 Å². The minimum absolute atomic E-state index is 0.